The maximum absolute atomic E-state index is 4.65. The highest BCUT2D eigenvalue weighted by atomic mass is 15.2. The summed E-state index contributed by atoms with van der Waals surface area (Å²) in [5.41, 5.74) is 4.24. The maximum atomic E-state index is 4.65. The van der Waals surface area contributed by atoms with E-state index in [1.165, 1.54) is 31.2 Å². The largest absolute Gasteiger partial charge is 0.244 e. The van der Waals surface area contributed by atoms with Gasteiger partial charge in [0, 0.05) is 35.9 Å². The number of rotatable bonds is 3. The van der Waals surface area contributed by atoms with Gasteiger partial charge >= 0.3 is 0 Å². The summed E-state index contributed by atoms with van der Waals surface area (Å²) >= 11 is 0. The summed E-state index contributed by atoms with van der Waals surface area (Å²) in [6, 6.07) is 2.20. The van der Waals surface area contributed by atoms with Gasteiger partial charge in [0.2, 0.25) is 0 Å². The lowest BCUT2D eigenvalue weighted by Gasteiger charge is -2.25. The van der Waals surface area contributed by atoms with Gasteiger partial charge in [-0.3, -0.25) is 0 Å². The molecule has 22 heavy (non-hydrogen) atoms. The van der Waals surface area contributed by atoms with Gasteiger partial charge in [0.05, 0.1) is 5.69 Å². The summed E-state index contributed by atoms with van der Waals surface area (Å²) in [7, 11) is 0. The van der Waals surface area contributed by atoms with Crippen molar-refractivity contribution in [3.8, 4) is 11.3 Å². The lowest BCUT2D eigenvalue weighted by atomic mass is 9.80. The molecule has 2 unspecified atom stereocenters. The minimum atomic E-state index is 0.654. The molecule has 2 fully saturated rings. The Kier molecular flexibility index (Phi) is 2.56. The van der Waals surface area contributed by atoms with Crippen molar-refractivity contribution in [2.45, 2.75) is 31.6 Å². The first-order valence-electron chi connectivity index (χ1n) is 8.00. The molecule has 2 aliphatic carbocycles. The van der Waals surface area contributed by atoms with E-state index in [0.29, 0.717) is 5.92 Å². The van der Waals surface area contributed by atoms with Crippen LogP contribution in [-0.2, 0) is 0 Å². The quantitative estimate of drug-likeness (QED) is 0.744. The van der Waals surface area contributed by atoms with Crippen LogP contribution in [-0.4, -0.2) is 24.6 Å². The monoisotopic (exact) mass is 291 g/mol. The van der Waals surface area contributed by atoms with Crippen LogP contribution in [0.15, 0.2) is 37.2 Å². The molecule has 0 radical (unpaired) electrons. The van der Waals surface area contributed by atoms with Crippen molar-refractivity contribution in [3.05, 3.63) is 42.7 Å². The van der Waals surface area contributed by atoms with Gasteiger partial charge in [-0.05, 0) is 30.2 Å². The third-order valence-corrected chi connectivity index (χ3v) is 5.24. The van der Waals surface area contributed by atoms with E-state index in [4.69, 9.17) is 0 Å². The van der Waals surface area contributed by atoms with Crippen molar-refractivity contribution in [1.29, 1.82) is 0 Å². The molecule has 3 aromatic rings. The molecule has 0 aromatic carbocycles. The number of fused-ring (bicyclic) bond motifs is 1. The van der Waals surface area contributed by atoms with E-state index < -0.39 is 0 Å². The molecule has 3 heterocycles. The van der Waals surface area contributed by atoms with Crippen molar-refractivity contribution >= 4 is 5.65 Å². The molecule has 0 bridgehead atoms. The van der Waals surface area contributed by atoms with Crippen molar-refractivity contribution in [3.63, 3.8) is 0 Å². The van der Waals surface area contributed by atoms with Crippen LogP contribution in [0, 0.1) is 11.8 Å². The average molecular weight is 291 g/mol. The molecule has 0 N–H and O–H groups in total. The summed E-state index contributed by atoms with van der Waals surface area (Å²) in [4.78, 5) is 12.7. The zero-order valence-electron chi connectivity index (χ0n) is 12.3. The van der Waals surface area contributed by atoms with Crippen LogP contribution in [0.1, 0.15) is 37.2 Å². The van der Waals surface area contributed by atoms with Gasteiger partial charge in [0.25, 0.3) is 0 Å². The third kappa shape index (κ3) is 1.85. The van der Waals surface area contributed by atoms with Crippen LogP contribution < -0.4 is 0 Å². The fraction of sp³-hybridized carbons (Fsp3) is 0.412. The zero-order valence-corrected chi connectivity index (χ0v) is 12.3. The average Bonchev–Trinajstić information content (AvgIpc) is 3.11. The van der Waals surface area contributed by atoms with Crippen molar-refractivity contribution in [2.75, 3.05) is 0 Å². The first-order chi connectivity index (χ1) is 10.9. The molecule has 5 rings (SSSR count). The predicted octanol–water partition coefficient (Wildman–Crippen LogP) is 3.09. The van der Waals surface area contributed by atoms with E-state index in [9.17, 15) is 0 Å². The Balaban J connectivity index is 1.59. The van der Waals surface area contributed by atoms with Crippen molar-refractivity contribution in [2.24, 2.45) is 11.8 Å². The minimum Gasteiger partial charge on any atom is -0.244 e. The fourth-order valence-corrected chi connectivity index (χ4v) is 3.75. The molecular formula is C17H17N5. The summed E-state index contributed by atoms with van der Waals surface area (Å²) in [6.07, 6.45) is 14.5. The molecule has 2 saturated carbocycles. The van der Waals surface area contributed by atoms with E-state index in [0.717, 1.165) is 28.7 Å². The Bertz CT molecular complexity index is 821. The number of hydrogen-bond acceptors (Lipinski definition) is 4. The molecule has 0 aliphatic heterocycles. The van der Waals surface area contributed by atoms with Gasteiger partial charge < -0.3 is 0 Å². The number of imidazole rings is 1. The summed E-state index contributed by atoms with van der Waals surface area (Å²) in [5, 5.41) is 4.65. The van der Waals surface area contributed by atoms with Gasteiger partial charge in [-0.15, -0.1) is 0 Å². The van der Waals surface area contributed by atoms with Gasteiger partial charge in [0.1, 0.15) is 6.33 Å². The number of nitrogens with zero attached hydrogens (tertiary/aromatic N) is 5. The minimum absolute atomic E-state index is 0.654. The Morgan fingerprint density at radius 3 is 2.77 bits per heavy atom. The molecule has 2 atom stereocenters. The van der Waals surface area contributed by atoms with E-state index >= 15 is 0 Å². The second kappa shape index (κ2) is 4.60. The Hall–Kier alpha value is -2.30. The van der Waals surface area contributed by atoms with Crippen LogP contribution in [0.2, 0.25) is 0 Å². The number of hydrogen-bond donors (Lipinski definition) is 0. The standard InChI is InChI=1S/C17H17N5/c1-2-11(3-1)13-6-14(13)15-7-16(12-8-18-10-19-9-12)21-22-5-4-20-17(15)22/h4-5,7-11,13-14H,1-3,6H2. The zero-order chi connectivity index (χ0) is 14.5. The SMILES string of the molecule is c1ncc(-c2cc(C3CC3C3CCC3)c3nccn3n2)cn1. The highest BCUT2D eigenvalue weighted by Crippen LogP contribution is 2.57. The second-order valence-corrected chi connectivity index (χ2v) is 6.50. The highest BCUT2D eigenvalue weighted by Gasteiger charge is 2.46. The number of aromatic nitrogens is 5. The first-order valence-corrected chi connectivity index (χ1v) is 8.00. The molecule has 110 valence electrons. The van der Waals surface area contributed by atoms with E-state index in [2.05, 4.69) is 26.1 Å². The summed E-state index contributed by atoms with van der Waals surface area (Å²) in [6.45, 7) is 0. The molecule has 0 amide bonds. The summed E-state index contributed by atoms with van der Waals surface area (Å²) < 4.78 is 1.90. The normalized spacial score (nSPS) is 24.4. The van der Waals surface area contributed by atoms with Gasteiger partial charge in [-0.25, -0.2) is 19.5 Å². The summed E-state index contributed by atoms with van der Waals surface area (Å²) in [5.74, 6) is 2.45. The van der Waals surface area contributed by atoms with Gasteiger partial charge in [-0.1, -0.05) is 19.3 Å². The second-order valence-electron chi connectivity index (χ2n) is 6.50. The predicted molar refractivity (Wildman–Crippen MR) is 82.2 cm³/mol. The molecule has 0 saturated heterocycles. The van der Waals surface area contributed by atoms with E-state index in [1.54, 1.807) is 6.33 Å². The molecule has 3 aromatic heterocycles. The lowest BCUT2D eigenvalue weighted by molar-refractivity contribution is 0.273. The molecule has 5 heteroatoms. The first kappa shape index (κ1) is 12.3. The lowest BCUT2D eigenvalue weighted by Crippen LogP contribution is -2.14. The van der Waals surface area contributed by atoms with Crippen LogP contribution in [0.3, 0.4) is 0 Å². The van der Waals surface area contributed by atoms with Crippen molar-refractivity contribution in [1.82, 2.24) is 24.6 Å². The topological polar surface area (TPSA) is 56.0 Å². The molecular weight excluding hydrogens is 274 g/mol. The van der Waals surface area contributed by atoms with Gasteiger partial charge in [-0.2, -0.15) is 5.10 Å². The Morgan fingerprint density at radius 1 is 1.14 bits per heavy atom. The fourth-order valence-electron chi connectivity index (χ4n) is 3.75. The van der Waals surface area contributed by atoms with E-state index in [1.807, 2.05) is 29.3 Å². The van der Waals surface area contributed by atoms with Crippen LogP contribution in [0.5, 0.6) is 0 Å². The maximum Gasteiger partial charge on any atom is 0.156 e. The van der Waals surface area contributed by atoms with Crippen LogP contribution >= 0.6 is 0 Å². The third-order valence-electron chi connectivity index (χ3n) is 5.24. The Morgan fingerprint density at radius 2 is 2.00 bits per heavy atom. The highest BCUT2D eigenvalue weighted by molar-refractivity contribution is 5.63. The smallest absolute Gasteiger partial charge is 0.156 e. The Labute approximate surface area is 128 Å². The van der Waals surface area contributed by atoms with Gasteiger partial charge in [0.15, 0.2) is 5.65 Å². The van der Waals surface area contributed by atoms with Crippen molar-refractivity contribution < 1.29 is 0 Å². The molecule has 2 aliphatic rings. The van der Waals surface area contributed by atoms with Crippen LogP contribution in [0.4, 0.5) is 0 Å². The van der Waals surface area contributed by atoms with Crippen LogP contribution in [0.25, 0.3) is 16.9 Å². The molecule has 0 spiro atoms. The molecule has 5 nitrogen and oxygen atoms in total. The van der Waals surface area contributed by atoms with E-state index in [-0.39, 0.29) is 0 Å².